The summed E-state index contributed by atoms with van der Waals surface area (Å²) in [5.74, 6) is 0.0814. The summed E-state index contributed by atoms with van der Waals surface area (Å²) < 4.78 is 1.95. The zero-order valence-electron chi connectivity index (χ0n) is 12.1. The number of carbonyl (C=O) groups excluding carboxylic acids is 1. The van der Waals surface area contributed by atoms with Crippen molar-refractivity contribution < 1.29 is 4.79 Å². The average molecular weight is 264 g/mol. The van der Waals surface area contributed by atoms with Crippen LogP contribution in [0.3, 0.4) is 0 Å². The fourth-order valence-electron chi connectivity index (χ4n) is 2.66. The second-order valence-electron chi connectivity index (χ2n) is 5.29. The van der Waals surface area contributed by atoms with Crippen LogP contribution in [0.4, 0.5) is 0 Å². The van der Waals surface area contributed by atoms with E-state index in [4.69, 9.17) is 0 Å². The molecule has 2 N–H and O–H groups in total. The quantitative estimate of drug-likeness (QED) is 0.843. The van der Waals surface area contributed by atoms with E-state index >= 15 is 0 Å². The van der Waals surface area contributed by atoms with Gasteiger partial charge in [0.05, 0.1) is 12.2 Å². The third-order valence-corrected chi connectivity index (χ3v) is 3.77. The van der Waals surface area contributed by atoms with E-state index in [0.717, 1.165) is 32.2 Å². The van der Waals surface area contributed by atoms with Crippen molar-refractivity contribution in [1.82, 2.24) is 20.4 Å². The van der Waals surface area contributed by atoms with E-state index in [2.05, 4.69) is 22.7 Å². The molecule has 1 aromatic heterocycles. The number of aromatic nitrogens is 2. The second-order valence-corrected chi connectivity index (χ2v) is 5.29. The van der Waals surface area contributed by atoms with E-state index in [9.17, 15) is 4.79 Å². The summed E-state index contributed by atoms with van der Waals surface area (Å²) in [4.78, 5) is 11.9. The van der Waals surface area contributed by atoms with Gasteiger partial charge in [-0.25, -0.2) is 0 Å². The molecule has 19 heavy (non-hydrogen) atoms. The maximum atomic E-state index is 11.9. The largest absolute Gasteiger partial charge is 0.355 e. The predicted molar refractivity (Wildman–Crippen MR) is 74.8 cm³/mol. The van der Waals surface area contributed by atoms with Gasteiger partial charge in [-0.2, -0.15) is 5.10 Å². The minimum atomic E-state index is -0.164. The van der Waals surface area contributed by atoms with E-state index in [0.29, 0.717) is 0 Å². The van der Waals surface area contributed by atoms with Gasteiger partial charge in [-0.15, -0.1) is 0 Å². The Morgan fingerprint density at radius 2 is 2.42 bits per heavy atom. The molecule has 0 aromatic carbocycles. The lowest BCUT2D eigenvalue weighted by Gasteiger charge is -2.26. The fourth-order valence-corrected chi connectivity index (χ4v) is 2.66. The lowest BCUT2D eigenvalue weighted by atomic mass is 9.92. The standard InChI is InChI=1S/C14H24N4O/c1-4-8-15-14(19)10(2)17-12-6-5-7-13-11(12)9-16-18(13)3/h9-10,12,17H,4-8H2,1-3H3,(H,15,19). The van der Waals surface area contributed by atoms with Gasteiger partial charge in [-0.1, -0.05) is 6.92 Å². The highest BCUT2D eigenvalue weighted by atomic mass is 16.2. The van der Waals surface area contributed by atoms with Crippen molar-refractivity contribution >= 4 is 5.91 Å². The lowest BCUT2D eigenvalue weighted by Crippen LogP contribution is -2.44. The van der Waals surface area contributed by atoms with Crippen LogP contribution < -0.4 is 10.6 Å². The van der Waals surface area contributed by atoms with Gasteiger partial charge in [0.1, 0.15) is 0 Å². The summed E-state index contributed by atoms with van der Waals surface area (Å²) in [6.07, 6.45) is 6.20. The molecule has 5 nitrogen and oxygen atoms in total. The van der Waals surface area contributed by atoms with Crippen LogP contribution in [0.1, 0.15) is 50.4 Å². The predicted octanol–water partition coefficient (Wildman–Crippen LogP) is 1.30. The molecular weight excluding hydrogens is 240 g/mol. The van der Waals surface area contributed by atoms with Crippen LogP contribution >= 0.6 is 0 Å². The number of aryl methyl sites for hydroxylation is 1. The summed E-state index contributed by atoms with van der Waals surface area (Å²) in [5, 5.41) is 10.7. The number of nitrogens with one attached hydrogen (secondary N) is 2. The Labute approximate surface area is 114 Å². The van der Waals surface area contributed by atoms with Gasteiger partial charge in [0, 0.05) is 30.9 Å². The molecule has 1 aromatic rings. The van der Waals surface area contributed by atoms with E-state index in [-0.39, 0.29) is 18.0 Å². The molecule has 2 rings (SSSR count). The average Bonchev–Trinajstić information content (AvgIpc) is 2.79. The van der Waals surface area contributed by atoms with Crippen LogP contribution in [0, 0.1) is 0 Å². The molecule has 0 saturated heterocycles. The number of carbonyl (C=O) groups is 1. The first kappa shape index (κ1) is 14.1. The Morgan fingerprint density at radius 1 is 1.63 bits per heavy atom. The van der Waals surface area contributed by atoms with Crippen LogP contribution in [-0.2, 0) is 18.3 Å². The summed E-state index contributed by atoms with van der Waals surface area (Å²) in [5.41, 5.74) is 2.55. The number of nitrogens with zero attached hydrogens (tertiary/aromatic N) is 2. The lowest BCUT2D eigenvalue weighted by molar-refractivity contribution is -0.122. The summed E-state index contributed by atoms with van der Waals surface area (Å²) in [7, 11) is 1.98. The molecule has 1 aliphatic carbocycles. The third-order valence-electron chi connectivity index (χ3n) is 3.77. The van der Waals surface area contributed by atoms with Crippen LogP contribution in [0.5, 0.6) is 0 Å². The zero-order valence-corrected chi connectivity index (χ0v) is 12.1. The molecule has 5 heteroatoms. The molecule has 1 amide bonds. The first-order chi connectivity index (χ1) is 9.13. The molecule has 0 aliphatic heterocycles. The Kier molecular flexibility index (Phi) is 4.58. The van der Waals surface area contributed by atoms with Gasteiger partial charge in [0.2, 0.25) is 5.91 Å². The molecule has 0 radical (unpaired) electrons. The number of hydrogen-bond donors (Lipinski definition) is 2. The van der Waals surface area contributed by atoms with E-state index in [1.807, 2.05) is 24.9 Å². The highest BCUT2D eigenvalue weighted by Gasteiger charge is 2.26. The third kappa shape index (κ3) is 3.15. The smallest absolute Gasteiger partial charge is 0.236 e. The first-order valence-corrected chi connectivity index (χ1v) is 7.18. The SMILES string of the molecule is CCCNC(=O)C(C)NC1CCCc2c1cnn2C. The summed E-state index contributed by atoms with van der Waals surface area (Å²) in [6.45, 7) is 4.73. The number of amides is 1. The molecule has 1 aliphatic rings. The minimum Gasteiger partial charge on any atom is -0.355 e. The van der Waals surface area contributed by atoms with E-state index in [1.54, 1.807) is 0 Å². The molecule has 0 saturated carbocycles. The monoisotopic (exact) mass is 264 g/mol. The van der Waals surface area contributed by atoms with Gasteiger partial charge in [0.25, 0.3) is 0 Å². The van der Waals surface area contributed by atoms with Crippen molar-refractivity contribution in [3.05, 3.63) is 17.5 Å². The Balaban J connectivity index is 1.98. The summed E-state index contributed by atoms with van der Waals surface area (Å²) >= 11 is 0. The molecule has 2 unspecified atom stereocenters. The molecule has 2 atom stereocenters. The van der Waals surface area contributed by atoms with Gasteiger partial charge < -0.3 is 5.32 Å². The van der Waals surface area contributed by atoms with Crippen molar-refractivity contribution in [2.24, 2.45) is 7.05 Å². The van der Waals surface area contributed by atoms with Crippen LogP contribution in [0.25, 0.3) is 0 Å². The van der Waals surface area contributed by atoms with Crippen molar-refractivity contribution in [2.75, 3.05) is 6.54 Å². The molecule has 0 spiro atoms. The zero-order chi connectivity index (χ0) is 13.8. The van der Waals surface area contributed by atoms with Gasteiger partial charge in [-0.05, 0) is 32.6 Å². The summed E-state index contributed by atoms with van der Waals surface area (Å²) in [6, 6.07) is 0.0857. The van der Waals surface area contributed by atoms with Crippen LogP contribution in [0.2, 0.25) is 0 Å². The van der Waals surface area contributed by atoms with Crippen molar-refractivity contribution in [3.8, 4) is 0 Å². The molecule has 1 heterocycles. The number of rotatable bonds is 5. The van der Waals surface area contributed by atoms with Crippen LogP contribution in [0.15, 0.2) is 6.20 Å². The highest BCUT2D eigenvalue weighted by molar-refractivity contribution is 5.81. The molecule has 106 valence electrons. The maximum Gasteiger partial charge on any atom is 0.236 e. The number of fused-ring (bicyclic) bond motifs is 1. The maximum absolute atomic E-state index is 11.9. The highest BCUT2D eigenvalue weighted by Crippen LogP contribution is 2.29. The van der Waals surface area contributed by atoms with Crippen LogP contribution in [-0.4, -0.2) is 28.3 Å². The minimum absolute atomic E-state index is 0.0814. The Morgan fingerprint density at radius 3 is 3.16 bits per heavy atom. The number of hydrogen-bond acceptors (Lipinski definition) is 3. The van der Waals surface area contributed by atoms with Gasteiger partial charge in [0.15, 0.2) is 0 Å². The molecule has 0 fully saturated rings. The van der Waals surface area contributed by atoms with Crippen molar-refractivity contribution in [2.45, 2.75) is 51.6 Å². The topological polar surface area (TPSA) is 59.0 Å². The van der Waals surface area contributed by atoms with Gasteiger partial charge in [-0.3, -0.25) is 14.8 Å². The second kappa shape index (κ2) is 6.19. The Hall–Kier alpha value is -1.36. The first-order valence-electron chi connectivity index (χ1n) is 7.18. The fraction of sp³-hybridized carbons (Fsp3) is 0.714. The molecular formula is C14H24N4O. The van der Waals surface area contributed by atoms with E-state index in [1.165, 1.54) is 11.3 Å². The van der Waals surface area contributed by atoms with Gasteiger partial charge >= 0.3 is 0 Å². The normalized spacial score (nSPS) is 19.8. The Bertz CT molecular complexity index is 441. The van der Waals surface area contributed by atoms with Crippen molar-refractivity contribution in [1.29, 1.82) is 0 Å². The molecule has 0 bridgehead atoms. The van der Waals surface area contributed by atoms with E-state index < -0.39 is 0 Å². The van der Waals surface area contributed by atoms with Crippen molar-refractivity contribution in [3.63, 3.8) is 0 Å².